The normalized spacial score (nSPS) is 19.6. The maximum Gasteiger partial charge on any atom is 0.410 e. The smallest absolute Gasteiger partial charge is 0.410 e. The quantitative estimate of drug-likeness (QED) is 0.581. The lowest BCUT2D eigenvalue weighted by atomic mass is 10.0. The molecule has 1 aliphatic rings. The van der Waals surface area contributed by atoms with E-state index in [4.69, 9.17) is 16.0 Å². The zero-order chi connectivity index (χ0) is 21.5. The summed E-state index contributed by atoms with van der Waals surface area (Å²) >= 11 is 6.30. The van der Waals surface area contributed by atoms with Gasteiger partial charge in [0.15, 0.2) is 11.7 Å². The molecule has 1 aliphatic heterocycles. The Morgan fingerprint density at radius 1 is 1.30 bits per heavy atom. The second-order valence-corrected chi connectivity index (χ2v) is 7.45. The first-order chi connectivity index (χ1) is 14.3. The average Bonchev–Trinajstić information content (AvgIpc) is 3.36. The summed E-state index contributed by atoms with van der Waals surface area (Å²) in [6, 6.07) is 9.26. The summed E-state index contributed by atoms with van der Waals surface area (Å²) in [6.07, 6.45) is -3.54. The van der Waals surface area contributed by atoms with Crippen LogP contribution >= 0.6 is 11.6 Å². The zero-order valence-electron chi connectivity index (χ0n) is 15.8. The third kappa shape index (κ3) is 3.77. The molecule has 0 spiro atoms. The van der Waals surface area contributed by atoms with E-state index < -0.39 is 24.2 Å². The summed E-state index contributed by atoms with van der Waals surface area (Å²) in [5, 5.41) is 9.40. The molecule has 2 aromatic heterocycles. The fraction of sp³-hybridized carbons (Fsp3) is 0.300. The number of amides is 1. The molecule has 1 amide bonds. The maximum atomic E-state index is 13.7. The van der Waals surface area contributed by atoms with Crippen molar-refractivity contribution in [3.63, 3.8) is 0 Å². The predicted molar refractivity (Wildman–Crippen MR) is 104 cm³/mol. The van der Waals surface area contributed by atoms with Crippen molar-refractivity contribution in [3.8, 4) is 0 Å². The van der Waals surface area contributed by atoms with Gasteiger partial charge in [0.25, 0.3) is 5.91 Å². The van der Waals surface area contributed by atoms with E-state index in [0.717, 1.165) is 10.2 Å². The lowest BCUT2D eigenvalue weighted by Gasteiger charge is -2.32. The third-order valence-corrected chi connectivity index (χ3v) is 5.40. The molecule has 1 aromatic carbocycles. The molecule has 3 heterocycles. The van der Waals surface area contributed by atoms with Gasteiger partial charge < -0.3 is 15.1 Å². The van der Waals surface area contributed by atoms with E-state index in [1.807, 2.05) is 30.3 Å². The Bertz CT molecular complexity index is 1030. The predicted octanol–water partition coefficient (Wildman–Crippen LogP) is 5.28. The SMILES string of the molecule is C[C@@H](NC(=O)c1nn2c(c1Cl)N[C@H](c1ccco1)C[C@H]2C(F)(F)F)c1ccccc1. The molecular formula is C20H18ClF3N4O2. The molecule has 3 aromatic rings. The number of fused-ring (bicyclic) bond motifs is 1. The summed E-state index contributed by atoms with van der Waals surface area (Å²) < 4.78 is 47.2. The number of carbonyl (C=O) groups excluding carboxylic acids is 1. The highest BCUT2D eigenvalue weighted by Crippen LogP contribution is 2.46. The number of halogens is 4. The molecular weight excluding hydrogens is 421 g/mol. The first kappa shape index (κ1) is 20.3. The van der Waals surface area contributed by atoms with Crippen LogP contribution in [0.3, 0.4) is 0 Å². The van der Waals surface area contributed by atoms with Gasteiger partial charge in [0, 0.05) is 6.42 Å². The molecule has 0 saturated heterocycles. The number of carbonyl (C=O) groups is 1. The highest BCUT2D eigenvalue weighted by Gasteiger charge is 2.48. The van der Waals surface area contributed by atoms with Crippen LogP contribution in [-0.4, -0.2) is 21.9 Å². The van der Waals surface area contributed by atoms with Crippen LogP contribution in [0.15, 0.2) is 53.1 Å². The lowest BCUT2D eigenvalue weighted by Crippen LogP contribution is -2.35. The Morgan fingerprint density at radius 2 is 2.03 bits per heavy atom. The van der Waals surface area contributed by atoms with Gasteiger partial charge in [-0.05, 0) is 24.6 Å². The average molecular weight is 439 g/mol. The van der Waals surface area contributed by atoms with Gasteiger partial charge >= 0.3 is 6.18 Å². The largest absolute Gasteiger partial charge is 0.467 e. The van der Waals surface area contributed by atoms with Gasteiger partial charge in [-0.25, -0.2) is 4.68 Å². The molecule has 0 bridgehead atoms. The molecule has 10 heteroatoms. The topological polar surface area (TPSA) is 72.1 Å². The van der Waals surface area contributed by atoms with E-state index in [1.165, 1.54) is 6.26 Å². The molecule has 0 aliphatic carbocycles. The maximum absolute atomic E-state index is 13.7. The van der Waals surface area contributed by atoms with Crippen molar-refractivity contribution in [1.29, 1.82) is 0 Å². The minimum Gasteiger partial charge on any atom is -0.467 e. The van der Waals surface area contributed by atoms with Crippen LogP contribution in [0.2, 0.25) is 5.02 Å². The van der Waals surface area contributed by atoms with Crippen LogP contribution in [0.5, 0.6) is 0 Å². The van der Waals surface area contributed by atoms with E-state index >= 15 is 0 Å². The van der Waals surface area contributed by atoms with Crippen molar-refractivity contribution >= 4 is 23.3 Å². The molecule has 158 valence electrons. The summed E-state index contributed by atoms with van der Waals surface area (Å²) in [7, 11) is 0. The Morgan fingerprint density at radius 3 is 2.67 bits per heavy atom. The number of benzene rings is 1. The number of rotatable bonds is 4. The highest BCUT2D eigenvalue weighted by molar-refractivity contribution is 6.36. The fourth-order valence-electron chi connectivity index (χ4n) is 3.50. The van der Waals surface area contributed by atoms with Crippen LogP contribution in [0.4, 0.5) is 19.0 Å². The molecule has 2 N–H and O–H groups in total. The van der Waals surface area contributed by atoms with E-state index in [-0.39, 0.29) is 29.0 Å². The Balaban J connectivity index is 1.65. The Kier molecular flexibility index (Phi) is 5.23. The number of hydrogen-bond acceptors (Lipinski definition) is 4. The standard InChI is InChI=1S/C20H18ClF3N4O2/c1-11(12-6-3-2-4-7-12)25-19(29)17-16(21)18-26-13(14-8-5-9-30-14)10-15(20(22,23)24)28(18)27-17/h2-9,11,13,15,26H,10H2,1H3,(H,25,29)/t11-,13+,15+/m1/s1. The second-order valence-electron chi connectivity index (χ2n) is 7.07. The number of nitrogens with one attached hydrogen (secondary N) is 2. The van der Waals surface area contributed by atoms with Crippen molar-refractivity contribution in [2.24, 2.45) is 0 Å². The van der Waals surface area contributed by atoms with Crippen molar-refractivity contribution < 1.29 is 22.4 Å². The highest BCUT2D eigenvalue weighted by atomic mass is 35.5. The van der Waals surface area contributed by atoms with E-state index in [0.29, 0.717) is 5.76 Å². The van der Waals surface area contributed by atoms with Crippen molar-refractivity contribution in [2.45, 2.75) is 37.6 Å². The first-order valence-electron chi connectivity index (χ1n) is 9.26. The minimum absolute atomic E-state index is 0.0656. The van der Waals surface area contributed by atoms with E-state index in [9.17, 15) is 18.0 Å². The minimum atomic E-state index is -4.58. The molecule has 0 saturated carbocycles. The van der Waals surface area contributed by atoms with Gasteiger partial charge in [-0.1, -0.05) is 41.9 Å². The Hall–Kier alpha value is -2.94. The summed E-state index contributed by atoms with van der Waals surface area (Å²) in [5.74, 6) is -0.379. The number of anilines is 1. The molecule has 6 nitrogen and oxygen atoms in total. The van der Waals surface area contributed by atoms with Crippen LogP contribution in [0.25, 0.3) is 0 Å². The van der Waals surface area contributed by atoms with Gasteiger partial charge in [0.05, 0.1) is 18.3 Å². The fourth-order valence-corrected chi connectivity index (χ4v) is 3.77. The number of alkyl halides is 3. The van der Waals surface area contributed by atoms with Crippen molar-refractivity contribution in [2.75, 3.05) is 5.32 Å². The molecule has 0 fully saturated rings. The summed E-state index contributed by atoms with van der Waals surface area (Å²) in [5.41, 5.74) is 0.575. The van der Waals surface area contributed by atoms with E-state index in [1.54, 1.807) is 19.1 Å². The van der Waals surface area contributed by atoms with Crippen LogP contribution in [-0.2, 0) is 0 Å². The second kappa shape index (κ2) is 7.71. The number of aromatic nitrogens is 2. The van der Waals surface area contributed by atoms with Gasteiger partial charge in [-0.2, -0.15) is 18.3 Å². The molecule has 30 heavy (non-hydrogen) atoms. The van der Waals surface area contributed by atoms with Gasteiger partial charge in [-0.15, -0.1) is 0 Å². The Labute approximate surface area is 175 Å². The number of hydrogen-bond donors (Lipinski definition) is 2. The molecule has 0 unspecified atom stereocenters. The van der Waals surface area contributed by atoms with Crippen molar-refractivity contribution in [1.82, 2.24) is 15.1 Å². The van der Waals surface area contributed by atoms with Crippen molar-refractivity contribution in [3.05, 3.63) is 70.8 Å². The van der Waals surface area contributed by atoms with Gasteiger partial charge in [0.1, 0.15) is 16.6 Å². The molecule has 3 atom stereocenters. The number of nitrogens with zero attached hydrogens (tertiary/aromatic N) is 2. The van der Waals surface area contributed by atoms with Crippen LogP contribution < -0.4 is 10.6 Å². The van der Waals surface area contributed by atoms with Crippen LogP contribution in [0.1, 0.15) is 53.3 Å². The monoisotopic (exact) mass is 438 g/mol. The first-order valence-corrected chi connectivity index (χ1v) is 9.64. The van der Waals surface area contributed by atoms with Crippen LogP contribution in [0, 0.1) is 0 Å². The van der Waals surface area contributed by atoms with E-state index in [2.05, 4.69) is 15.7 Å². The molecule has 0 radical (unpaired) electrons. The van der Waals surface area contributed by atoms with Gasteiger partial charge in [0.2, 0.25) is 0 Å². The lowest BCUT2D eigenvalue weighted by molar-refractivity contribution is -0.174. The van der Waals surface area contributed by atoms with Gasteiger partial charge in [-0.3, -0.25) is 4.79 Å². The summed E-state index contributed by atoms with van der Waals surface area (Å²) in [4.78, 5) is 12.7. The zero-order valence-corrected chi connectivity index (χ0v) is 16.5. The third-order valence-electron chi connectivity index (χ3n) is 5.04. The summed E-state index contributed by atoms with van der Waals surface area (Å²) in [6.45, 7) is 1.76. The molecule has 4 rings (SSSR count). The number of furan rings is 1.